The zero-order valence-electron chi connectivity index (χ0n) is 14.7. The third-order valence-corrected chi connectivity index (χ3v) is 4.87. The Morgan fingerprint density at radius 3 is 1.60 bits per heavy atom. The highest BCUT2D eigenvalue weighted by atomic mass is 32.2. The Kier molecular flexibility index (Phi) is 5.05. The van der Waals surface area contributed by atoms with E-state index in [0.29, 0.717) is 5.75 Å². The summed E-state index contributed by atoms with van der Waals surface area (Å²) in [4.78, 5) is 2.39. The van der Waals surface area contributed by atoms with Gasteiger partial charge in [0, 0.05) is 9.79 Å². The van der Waals surface area contributed by atoms with Crippen LogP contribution in [0.5, 0.6) is 17.2 Å². The van der Waals surface area contributed by atoms with E-state index < -0.39 is 0 Å². The lowest BCUT2D eigenvalue weighted by Crippen LogP contribution is -2.10. The molecular weight excluding hydrogens is 328 g/mol. The van der Waals surface area contributed by atoms with Crippen molar-refractivity contribution in [2.45, 2.75) is 36.0 Å². The standard InChI is InChI=1S/C22H22O2S/c1-22(2,3)16-4-12-20(13-5-16)25-21-14-10-19(11-15-21)24-18-8-6-17(23)7-9-18/h4-15,23H,1-3H3. The van der Waals surface area contributed by atoms with Crippen molar-refractivity contribution in [1.29, 1.82) is 0 Å². The van der Waals surface area contributed by atoms with Gasteiger partial charge >= 0.3 is 0 Å². The molecule has 3 aromatic rings. The number of phenolic OH excluding ortho intramolecular Hbond substituents is 1. The number of benzene rings is 3. The van der Waals surface area contributed by atoms with Gasteiger partial charge < -0.3 is 9.84 Å². The summed E-state index contributed by atoms with van der Waals surface area (Å²) in [5.41, 5.74) is 1.52. The van der Waals surface area contributed by atoms with Crippen LogP contribution in [0.3, 0.4) is 0 Å². The van der Waals surface area contributed by atoms with Crippen LogP contribution in [0.4, 0.5) is 0 Å². The molecule has 2 nitrogen and oxygen atoms in total. The molecule has 1 N–H and O–H groups in total. The van der Waals surface area contributed by atoms with Gasteiger partial charge in [0.25, 0.3) is 0 Å². The summed E-state index contributed by atoms with van der Waals surface area (Å²) in [6.45, 7) is 6.67. The van der Waals surface area contributed by atoms with Gasteiger partial charge in [0.05, 0.1) is 0 Å². The van der Waals surface area contributed by atoms with Crippen LogP contribution >= 0.6 is 11.8 Å². The fourth-order valence-corrected chi connectivity index (χ4v) is 3.20. The molecule has 0 aliphatic rings. The Balaban J connectivity index is 1.65. The van der Waals surface area contributed by atoms with Gasteiger partial charge in [0.2, 0.25) is 0 Å². The molecule has 0 aliphatic carbocycles. The van der Waals surface area contributed by atoms with E-state index in [9.17, 15) is 5.11 Å². The number of hydrogen-bond donors (Lipinski definition) is 1. The minimum absolute atomic E-state index is 0.177. The molecule has 0 aliphatic heterocycles. The molecule has 0 atom stereocenters. The first-order valence-electron chi connectivity index (χ1n) is 8.25. The molecule has 3 aromatic carbocycles. The van der Waals surface area contributed by atoms with Gasteiger partial charge in [-0.3, -0.25) is 0 Å². The normalized spacial score (nSPS) is 11.3. The minimum Gasteiger partial charge on any atom is -0.508 e. The molecule has 0 radical (unpaired) electrons. The maximum absolute atomic E-state index is 9.30. The molecule has 0 bridgehead atoms. The highest BCUT2D eigenvalue weighted by molar-refractivity contribution is 7.99. The van der Waals surface area contributed by atoms with Crippen molar-refractivity contribution in [3.05, 3.63) is 78.4 Å². The average Bonchev–Trinajstić information content (AvgIpc) is 2.58. The number of aromatic hydroxyl groups is 1. The van der Waals surface area contributed by atoms with Crippen molar-refractivity contribution in [3.63, 3.8) is 0 Å². The average molecular weight is 350 g/mol. The summed E-state index contributed by atoms with van der Waals surface area (Å²) >= 11 is 1.74. The summed E-state index contributed by atoms with van der Waals surface area (Å²) in [6, 6.07) is 23.5. The van der Waals surface area contributed by atoms with Crippen molar-refractivity contribution in [2.75, 3.05) is 0 Å². The zero-order valence-corrected chi connectivity index (χ0v) is 15.5. The number of ether oxygens (including phenoxy) is 1. The molecule has 3 rings (SSSR count). The van der Waals surface area contributed by atoms with Crippen molar-refractivity contribution in [2.24, 2.45) is 0 Å². The van der Waals surface area contributed by atoms with Crippen molar-refractivity contribution >= 4 is 11.8 Å². The molecule has 0 saturated heterocycles. The number of rotatable bonds is 4. The minimum atomic E-state index is 0.177. The molecule has 0 amide bonds. The van der Waals surface area contributed by atoms with Gasteiger partial charge in [-0.05, 0) is 71.6 Å². The summed E-state index contributed by atoms with van der Waals surface area (Å²) in [6.07, 6.45) is 0. The largest absolute Gasteiger partial charge is 0.508 e. The van der Waals surface area contributed by atoms with E-state index in [2.05, 4.69) is 57.2 Å². The van der Waals surface area contributed by atoms with Crippen LogP contribution in [-0.4, -0.2) is 5.11 Å². The first kappa shape index (κ1) is 17.4. The molecule has 25 heavy (non-hydrogen) atoms. The molecular formula is C22H22O2S. The Labute approximate surface area is 153 Å². The zero-order chi connectivity index (χ0) is 17.9. The summed E-state index contributed by atoms with van der Waals surface area (Å²) in [7, 11) is 0. The Hall–Kier alpha value is -2.39. The van der Waals surface area contributed by atoms with Gasteiger partial charge in [-0.2, -0.15) is 0 Å². The van der Waals surface area contributed by atoms with Crippen molar-refractivity contribution in [3.8, 4) is 17.2 Å². The third kappa shape index (κ3) is 4.80. The lowest BCUT2D eigenvalue weighted by atomic mass is 9.87. The predicted molar refractivity (Wildman–Crippen MR) is 104 cm³/mol. The lowest BCUT2D eigenvalue weighted by molar-refractivity contribution is 0.464. The SMILES string of the molecule is CC(C)(C)c1ccc(Sc2ccc(Oc3ccc(O)cc3)cc2)cc1. The second-order valence-electron chi connectivity index (χ2n) is 6.94. The van der Waals surface area contributed by atoms with E-state index >= 15 is 0 Å². The summed E-state index contributed by atoms with van der Waals surface area (Å²) in [5.74, 6) is 1.71. The monoisotopic (exact) mass is 350 g/mol. The molecule has 0 saturated carbocycles. The molecule has 128 valence electrons. The molecule has 3 heteroatoms. The molecule has 0 spiro atoms. The Morgan fingerprint density at radius 2 is 1.12 bits per heavy atom. The fraction of sp³-hybridized carbons (Fsp3) is 0.182. The molecule has 0 fully saturated rings. The van der Waals surface area contributed by atoms with E-state index in [0.717, 1.165) is 5.75 Å². The van der Waals surface area contributed by atoms with Crippen LogP contribution in [-0.2, 0) is 5.41 Å². The molecule has 0 heterocycles. The van der Waals surface area contributed by atoms with E-state index in [1.165, 1.54) is 15.4 Å². The maximum atomic E-state index is 9.30. The third-order valence-electron chi connectivity index (χ3n) is 3.85. The Morgan fingerprint density at radius 1 is 0.680 bits per heavy atom. The first-order chi connectivity index (χ1) is 11.9. The Bertz CT molecular complexity index is 814. The van der Waals surface area contributed by atoms with Crippen LogP contribution in [0.1, 0.15) is 26.3 Å². The van der Waals surface area contributed by atoms with Gasteiger partial charge in [0.15, 0.2) is 0 Å². The topological polar surface area (TPSA) is 29.5 Å². The quantitative estimate of drug-likeness (QED) is 0.572. The first-order valence-corrected chi connectivity index (χ1v) is 9.07. The van der Waals surface area contributed by atoms with Crippen molar-refractivity contribution < 1.29 is 9.84 Å². The van der Waals surface area contributed by atoms with Gasteiger partial charge in [-0.25, -0.2) is 0 Å². The highest BCUT2D eigenvalue weighted by Crippen LogP contribution is 2.32. The second-order valence-corrected chi connectivity index (χ2v) is 8.09. The maximum Gasteiger partial charge on any atom is 0.127 e. The number of hydrogen-bond acceptors (Lipinski definition) is 3. The summed E-state index contributed by atoms with van der Waals surface area (Å²) < 4.78 is 5.77. The van der Waals surface area contributed by atoms with Crippen LogP contribution in [0.2, 0.25) is 0 Å². The van der Waals surface area contributed by atoms with E-state index in [-0.39, 0.29) is 11.2 Å². The molecule has 0 unspecified atom stereocenters. The van der Waals surface area contributed by atoms with Crippen LogP contribution in [0, 0.1) is 0 Å². The predicted octanol–water partition coefficient (Wildman–Crippen LogP) is 6.63. The van der Waals surface area contributed by atoms with Gasteiger partial charge in [0.1, 0.15) is 17.2 Å². The van der Waals surface area contributed by atoms with Gasteiger partial charge in [-0.1, -0.05) is 44.7 Å². The van der Waals surface area contributed by atoms with Crippen LogP contribution < -0.4 is 4.74 Å². The lowest BCUT2D eigenvalue weighted by Gasteiger charge is -2.19. The van der Waals surface area contributed by atoms with Crippen LogP contribution in [0.25, 0.3) is 0 Å². The second kappa shape index (κ2) is 7.24. The fourth-order valence-electron chi connectivity index (χ4n) is 2.39. The molecule has 0 aromatic heterocycles. The van der Waals surface area contributed by atoms with E-state index in [1.807, 2.05) is 12.1 Å². The van der Waals surface area contributed by atoms with Crippen LogP contribution in [0.15, 0.2) is 82.6 Å². The van der Waals surface area contributed by atoms with E-state index in [4.69, 9.17) is 4.74 Å². The van der Waals surface area contributed by atoms with Gasteiger partial charge in [-0.15, -0.1) is 0 Å². The van der Waals surface area contributed by atoms with E-state index in [1.54, 1.807) is 36.0 Å². The highest BCUT2D eigenvalue weighted by Gasteiger charge is 2.12. The summed E-state index contributed by atoms with van der Waals surface area (Å²) in [5, 5.41) is 9.30. The smallest absolute Gasteiger partial charge is 0.127 e. The van der Waals surface area contributed by atoms with Crippen molar-refractivity contribution in [1.82, 2.24) is 0 Å². The number of phenols is 1.